The van der Waals surface area contributed by atoms with Crippen LogP contribution in [-0.2, 0) is 0 Å². The van der Waals surface area contributed by atoms with E-state index < -0.39 is 0 Å². The van der Waals surface area contributed by atoms with Crippen molar-refractivity contribution >= 4 is 5.95 Å². The van der Waals surface area contributed by atoms with Crippen molar-refractivity contribution in [3.05, 3.63) is 11.8 Å². The molecule has 0 aliphatic heterocycles. The van der Waals surface area contributed by atoms with Crippen LogP contribution < -0.4 is 16.0 Å². The third kappa shape index (κ3) is 4.02. The smallest absolute Gasteiger partial charge is 0.240 e. The van der Waals surface area contributed by atoms with Crippen LogP contribution in [0, 0.1) is 12.3 Å². The Morgan fingerprint density at radius 1 is 1.44 bits per heavy atom. The fraction of sp³-hybridized carbons (Fsp3) is 0.636. The van der Waals surface area contributed by atoms with Crippen LogP contribution in [-0.4, -0.2) is 16.6 Å². The summed E-state index contributed by atoms with van der Waals surface area (Å²) in [5.41, 5.74) is 3.57. The number of anilines is 1. The highest BCUT2D eigenvalue weighted by atomic mass is 16.5. The van der Waals surface area contributed by atoms with Crippen LogP contribution in [0.1, 0.15) is 32.8 Å². The number of rotatable bonds is 4. The predicted octanol–water partition coefficient (Wildman–Crippen LogP) is 1.89. The second-order valence-electron chi connectivity index (χ2n) is 4.99. The second-order valence-corrected chi connectivity index (χ2v) is 4.99. The summed E-state index contributed by atoms with van der Waals surface area (Å²) in [5.74, 6) is 6.20. The van der Waals surface area contributed by atoms with Crippen LogP contribution in [0.5, 0.6) is 5.88 Å². The summed E-state index contributed by atoms with van der Waals surface area (Å²) < 4.78 is 5.61. The topological polar surface area (TPSA) is 73.1 Å². The summed E-state index contributed by atoms with van der Waals surface area (Å²) in [4.78, 5) is 8.13. The molecule has 0 saturated heterocycles. The number of aryl methyl sites for hydroxylation is 1. The van der Waals surface area contributed by atoms with Crippen LogP contribution in [0.15, 0.2) is 6.20 Å². The van der Waals surface area contributed by atoms with Gasteiger partial charge in [0.05, 0.1) is 6.61 Å². The molecule has 0 bridgehead atoms. The summed E-state index contributed by atoms with van der Waals surface area (Å²) in [7, 11) is 0. The van der Waals surface area contributed by atoms with Gasteiger partial charge in [-0.2, -0.15) is 4.98 Å². The SMILES string of the molecule is Cc1cnc(NN)nc1OCCC(C)(C)C. The summed E-state index contributed by atoms with van der Waals surface area (Å²) in [6.07, 6.45) is 2.66. The first-order valence-electron chi connectivity index (χ1n) is 5.35. The Bertz CT molecular complexity index is 346. The molecule has 0 aliphatic rings. The van der Waals surface area contributed by atoms with E-state index in [2.05, 4.69) is 36.2 Å². The van der Waals surface area contributed by atoms with Crippen LogP contribution in [0.25, 0.3) is 0 Å². The van der Waals surface area contributed by atoms with Gasteiger partial charge in [0.25, 0.3) is 0 Å². The van der Waals surface area contributed by atoms with Crippen molar-refractivity contribution in [1.82, 2.24) is 9.97 Å². The highest BCUT2D eigenvalue weighted by Crippen LogP contribution is 2.20. The van der Waals surface area contributed by atoms with Crippen LogP contribution in [0.3, 0.4) is 0 Å². The average Bonchev–Trinajstić information content (AvgIpc) is 2.19. The highest BCUT2D eigenvalue weighted by Gasteiger charge is 2.11. The molecule has 5 heteroatoms. The molecule has 0 atom stereocenters. The molecule has 90 valence electrons. The molecule has 1 rings (SSSR count). The number of ether oxygens (including phenoxy) is 1. The standard InChI is InChI=1S/C11H20N4O/c1-8-7-13-10(15-12)14-9(8)16-6-5-11(2,3)4/h7H,5-6,12H2,1-4H3,(H,13,14,15). The molecule has 0 radical (unpaired) electrons. The Labute approximate surface area is 96.4 Å². The molecule has 1 heterocycles. The molecule has 5 nitrogen and oxygen atoms in total. The zero-order valence-electron chi connectivity index (χ0n) is 10.4. The number of hydrogen-bond acceptors (Lipinski definition) is 5. The van der Waals surface area contributed by atoms with Gasteiger partial charge in [0.15, 0.2) is 0 Å². The number of nitrogens with zero attached hydrogens (tertiary/aromatic N) is 2. The number of hydrogen-bond donors (Lipinski definition) is 2. The molecule has 0 aliphatic carbocycles. The minimum atomic E-state index is 0.260. The van der Waals surface area contributed by atoms with Crippen molar-refractivity contribution in [2.24, 2.45) is 11.3 Å². The van der Waals surface area contributed by atoms with Gasteiger partial charge in [0.1, 0.15) is 0 Å². The van der Waals surface area contributed by atoms with Gasteiger partial charge < -0.3 is 4.74 Å². The van der Waals surface area contributed by atoms with Crippen molar-refractivity contribution in [3.63, 3.8) is 0 Å². The van der Waals surface area contributed by atoms with Gasteiger partial charge in [-0.3, -0.25) is 5.43 Å². The second kappa shape index (κ2) is 5.12. The van der Waals surface area contributed by atoms with Gasteiger partial charge in [-0.15, -0.1) is 0 Å². The first kappa shape index (κ1) is 12.7. The summed E-state index contributed by atoms with van der Waals surface area (Å²) in [6, 6.07) is 0. The Morgan fingerprint density at radius 3 is 2.69 bits per heavy atom. The third-order valence-electron chi connectivity index (χ3n) is 2.15. The lowest BCUT2D eigenvalue weighted by Gasteiger charge is -2.18. The molecule has 0 amide bonds. The maximum absolute atomic E-state index is 5.61. The van der Waals surface area contributed by atoms with E-state index in [9.17, 15) is 0 Å². The van der Waals surface area contributed by atoms with Crippen molar-refractivity contribution in [3.8, 4) is 5.88 Å². The fourth-order valence-electron chi connectivity index (χ4n) is 1.10. The molecule has 1 aromatic rings. The van der Waals surface area contributed by atoms with E-state index in [4.69, 9.17) is 10.6 Å². The Balaban J connectivity index is 2.59. The van der Waals surface area contributed by atoms with Crippen molar-refractivity contribution in [2.45, 2.75) is 34.1 Å². The van der Waals surface area contributed by atoms with E-state index >= 15 is 0 Å². The lowest BCUT2D eigenvalue weighted by molar-refractivity contribution is 0.235. The number of nitrogens with two attached hydrogens (primary N) is 1. The molecular formula is C11H20N4O. The summed E-state index contributed by atoms with van der Waals surface area (Å²) in [5, 5.41) is 0. The summed E-state index contributed by atoms with van der Waals surface area (Å²) in [6.45, 7) is 9.08. The normalized spacial score (nSPS) is 11.3. The van der Waals surface area contributed by atoms with Crippen LogP contribution >= 0.6 is 0 Å². The molecule has 16 heavy (non-hydrogen) atoms. The van der Waals surface area contributed by atoms with E-state index in [0.717, 1.165) is 12.0 Å². The maximum atomic E-state index is 5.61. The predicted molar refractivity (Wildman–Crippen MR) is 64.1 cm³/mol. The number of nitrogen functional groups attached to an aromatic ring is 1. The first-order valence-corrected chi connectivity index (χ1v) is 5.35. The zero-order chi connectivity index (χ0) is 12.2. The molecule has 3 N–H and O–H groups in total. The van der Waals surface area contributed by atoms with Crippen LogP contribution in [0.4, 0.5) is 5.95 Å². The Kier molecular flexibility index (Phi) is 4.06. The third-order valence-corrected chi connectivity index (χ3v) is 2.15. The number of aromatic nitrogens is 2. The van der Waals surface area contributed by atoms with E-state index in [1.165, 1.54) is 0 Å². The molecule has 0 spiro atoms. The van der Waals surface area contributed by atoms with E-state index in [0.29, 0.717) is 18.4 Å². The molecule has 0 saturated carbocycles. The van der Waals surface area contributed by atoms with Gasteiger partial charge >= 0.3 is 0 Å². The Hall–Kier alpha value is -1.36. The zero-order valence-corrected chi connectivity index (χ0v) is 10.4. The summed E-state index contributed by atoms with van der Waals surface area (Å²) >= 11 is 0. The van der Waals surface area contributed by atoms with Crippen molar-refractivity contribution in [2.75, 3.05) is 12.0 Å². The molecular weight excluding hydrogens is 204 g/mol. The largest absolute Gasteiger partial charge is 0.477 e. The number of hydrazine groups is 1. The molecule has 0 fully saturated rings. The average molecular weight is 224 g/mol. The lowest BCUT2D eigenvalue weighted by Crippen LogP contribution is -2.14. The van der Waals surface area contributed by atoms with E-state index in [-0.39, 0.29) is 5.41 Å². The van der Waals surface area contributed by atoms with Gasteiger partial charge in [0, 0.05) is 11.8 Å². The van der Waals surface area contributed by atoms with E-state index in [1.807, 2.05) is 6.92 Å². The highest BCUT2D eigenvalue weighted by molar-refractivity contribution is 5.31. The molecule has 0 unspecified atom stereocenters. The van der Waals surface area contributed by atoms with Gasteiger partial charge in [-0.1, -0.05) is 20.8 Å². The van der Waals surface area contributed by atoms with Crippen LogP contribution in [0.2, 0.25) is 0 Å². The van der Waals surface area contributed by atoms with Gasteiger partial charge in [0.2, 0.25) is 11.8 Å². The van der Waals surface area contributed by atoms with Gasteiger partial charge in [-0.05, 0) is 18.8 Å². The monoisotopic (exact) mass is 224 g/mol. The van der Waals surface area contributed by atoms with Gasteiger partial charge in [-0.25, -0.2) is 10.8 Å². The molecule has 0 aromatic carbocycles. The van der Waals surface area contributed by atoms with E-state index in [1.54, 1.807) is 6.20 Å². The maximum Gasteiger partial charge on any atom is 0.240 e. The van der Waals surface area contributed by atoms with Crippen molar-refractivity contribution < 1.29 is 4.74 Å². The first-order chi connectivity index (χ1) is 7.42. The number of nitrogens with one attached hydrogen (secondary N) is 1. The quantitative estimate of drug-likeness (QED) is 0.603. The van der Waals surface area contributed by atoms with Crippen molar-refractivity contribution in [1.29, 1.82) is 0 Å². The lowest BCUT2D eigenvalue weighted by atomic mass is 9.93. The fourth-order valence-corrected chi connectivity index (χ4v) is 1.10. The minimum Gasteiger partial charge on any atom is -0.477 e. The molecule has 1 aromatic heterocycles. The Morgan fingerprint density at radius 2 is 2.12 bits per heavy atom. The minimum absolute atomic E-state index is 0.260.